The predicted octanol–water partition coefficient (Wildman–Crippen LogP) is 4.93. The van der Waals surface area contributed by atoms with Gasteiger partial charge in [0.2, 0.25) is 0 Å². The standard InChI is InChI=1S/C19H22F3N3O2.HI/c20-19(21,22)27-17-10-8-16(9-11-17)25-18(23)24-12-4-5-13-26-14-15-6-2-1-3-7-15;/h1-3,6-11H,4-5,12-14H2,(H3,23,24,25);1H. The number of halogens is 4. The number of nitrogens with one attached hydrogen (secondary N) is 1. The zero-order chi connectivity index (χ0) is 19.5. The van der Waals surface area contributed by atoms with Crippen LogP contribution in [0.4, 0.5) is 18.9 Å². The smallest absolute Gasteiger partial charge is 0.406 e. The third kappa shape index (κ3) is 10.4. The number of rotatable bonds is 9. The number of nitrogens with zero attached hydrogens (tertiary/aromatic N) is 1. The van der Waals surface area contributed by atoms with Gasteiger partial charge in [-0.25, -0.2) is 0 Å². The van der Waals surface area contributed by atoms with Crippen LogP contribution in [0.5, 0.6) is 5.75 Å². The van der Waals surface area contributed by atoms with Gasteiger partial charge in [0.1, 0.15) is 5.75 Å². The highest BCUT2D eigenvalue weighted by molar-refractivity contribution is 14.0. The van der Waals surface area contributed by atoms with Crippen LogP contribution in [0.1, 0.15) is 18.4 Å². The summed E-state index contributed by atoms with van der Waals surface area (Å²) in [5.41, 5.74) is 7.42. The SMILES string of the molecule is I.NC(=NCCCCOCc1ccccc1)Nc1ccc(OC(F)(F)F)cc1. The number of guanidine groups is 1. The lowest BCUT2D eigenvalue weighted by Crippen LogP contribution is -2.23. The average Bonchev–Trinajstić information content (AvgIpc) is 2.62. The third-order valence-electron chi connectivity index (χ3n) is 3.45. The van der Waals surface area contributed by atoms with Gasteiger partial charge in [0.05, 0.1) is 6.61 Å². The minimum Gasteiger partial charge on any atom is -0.406 e. The maximum absolute atomic E-state index is 12.1. The zero-order valence-corrected chi connectivity index (χ0v) is 17.4. The van der Waals surface area contributed by atoms with Crippen LogP contribution >= 0.6 is 24.0 Å². The molecule has 5 nitrogen and oxygen atoms in total. The molecule has 0 atom stereocenters. The van der Waals surface area contributed by atoms with Gasteiger partial charge in [-0.1, -0.05) is 30.3 Å². The second-order valence-electron chi connectivity index (χ2n) is 5.71. The van der Waals surface area contributed by atoms with Gasteiger partial charge >= 0.3 is 6.36 Å². The Balaban J connectivity index is 0.00000392. The molecule has 0 amide bonds. The van der Waals surface area contributed by atoms with Crippen LogP contribution in [-0.4, -0.2) is 25.5 Å². The van der Waals surface area contributed by atoms with Gasteiger partial charge in [0.15, 0.2) is 5.96 Å². The van der Waals surface area contributed by atoms with E-state index in [9.17, 15) is 13.2 Å². The minimum absolute atomic E-state index is 0. The molecule has 2 aromatic carbocycles. The molecule has 3 N–H and O–H groups in total. The lowest BCUT2D eigenvalue weighted by molar-refractivity contribution is -0.274. The summed E-state index contributed by atoms with van der Waals surface area (Å²) in [5, 5.41) is 2.82. The summed E-state index contributed by atoms with van der Waals surface area (Å²) in [6.07, 6.45) is -3.04. The summed E-state index contributed by atoms with van der Waals surface area (Å²) in [6, 6.07) is 15.2. The van der Waals surface area contributed by atoms with Crippen molar-refractivity contribution in [1.29, 1.82) is 0 Å². The van der Waals surface area contributed by atoms with Crippen molar-refractivity contribution in [3.63, 3.8) is 0 Å². The summed E-state index contributed by atoms with van der Waals surface area (Å²) in [5.74, 6) is -0.0937. The molecule has 2 rings (SSSR count). The van der Waals surface area contributed by atoms with E-state index in [0.717, 1.165) is 18.4 Å². The monoisotopic (exact) mass is 509 g/mol. The third-order valence-corrected chi connectivity index (χ3v) is 3.45. The predicted molar refractivity (Wildman–Crippen MR) is 114 cm³/mol. The van der Waals surface area contributed by atoms with Gasteiger partial charge in [-0.05, 0) is 42.7 Å². The topological polar surface area (TPSA) is 68.9 Å². The largest absolute Gasteiger partial charge is 0.573 e. The van der Waals surface area contributed by atoms with Gasteiger partial charge < -0.3 is 20.5 Å². The van der Waals surface area contributed by atoms with E-state index in [0.29, 0.717) is 25.4 Å². The molecule has 0 unspecified atom stereocenters. The molecule has 0 radical (unpaired) electrons. The molecule has 28 heavy (non-hydrogen) atoms. The first-order valence-corrected chi connectivity index (χ1v) is 8.47. The van der Waals surface area contributed by atoms with Gasteiger partial charge in [0.25, 0.3) is 0 Å². The highest BCUT2D eigenvalue weighted by atomic mass is 127. The zero-order valence-electron chi connectivity index (χ0n) is 15.1. The Morgan fingerprint density at radius 1 is 1.00 bits per heavy atom. The number of hydrogen-bond donors (Lipinski definition) is 2. The lowest BCUT2D eigenvalue weighted by Gasteiger charge is -2.10. The summed E-state index contributed by atoms with van der Waals surface area (Å²) < 4.78 is 45.7. The molecule has 0 fully saturated rings. The number of hydrogen-bond acceptors (Lipinski definition) is 3. The summed E-state index contributed by atoms with van der Waals surface area (Å²) in [4.78, 5) is 4.17. The molecule has 0 aliphatic carbocycles. The number of benzene rings is 2. The highest BCUT2D eigenvalue weighted by Crippen LogP contribution is 2.23. The molecule has 0 spiro atoms. The number of anilines is 1. The summed E-state index contributed by atoms with van der Waals surface area (Å²) in [6.45, 7) is 1.75. The Kier molecular flexibility index (Phi) is 10.7. The van der Waals surface area contributed by atoms with E-state index in [2.05, 4.69) is 15.0 Å². The van der Waals surface area contributed by atoms with Crippen LogP contribution < -0.4 is 15.8 Å². The first-order valence-electron chi connectivity index (χ1n) is 8.47. The number of unbranched alkanes of at least 4 members (excludes halogenated alkanes) is 1. The molecule has 154 valence electrons. The van der Waals surface area contributed by atoms with Crippen molar-refractivity contribution >= 4 is 35.6 Å². The summed E-state index contributed by atoms with van der Waals surface area (Å²) in [7, 11) is 0. The first kappa shape index (κ1) is 24.0. The molecule has 0 saturated carbocycles. The van der Waals surface area contributed by atoms with Crippen molar-refractivity contribution in [1.82, 2.24) is 0 Å². The van der Waals surface area contributed by atoms with Gasteiger partial charge in [-0.15, -0.1) is 37.1 Å². The number of aliphatic imine (C=N–C) groups is 1. The van der Waals surface area contributed by atoms with Gasteiger partial charge in [-0.3, -0.25) is 4.99 Å². The van der Waals surface area contributed by atoms with Gasteiger partial charge in [-0.2, -0.15) is 0 Å². The van der Waals surface area contributed by atoms with Crippen LogP contribution in [0, 0.1) is 0 Å². The second kappa shape index (κ2) is 12.4. The number of nitrogens with two attached hydrogens (primary N) is 1. The average molecular weight is 509 g/mol. The fourth-order valence-corrected chi connectivity index (χ4v) is 2.21. The second-order valence-corrected chi connectivity index (χ2v) is 5.71. The first-order chi connectivity index (χ1) is 12.9. The maximum atomic E-state index is 12.1. The van der Waals surface area contributed by atoms with E-state index in [-0.39, 0.29) is 35.7 Å². The van der Waals surface area contributed by atoms with E-state index < -0.39 is 6.36 Å². The molecule has 9 heteroatoms. The van der Waals surface area contributed by atoms with Gasteiger partial charge in [0, 0.05) is 18.8 Å². The van der Waals surface area contributed by atoms with Crippen molar-refractivity contribution in [2.24, 2.45) is 10.7 Å². The molecule has 0 saturated heterocycles. The fraction of sp³-hybridized carbons (Fsp3) is 0.316. The molecule has 0 aromatic heterocycles. The Morgan fingerprint density at radius 2 is 1.68 bits per heavy atom. The molecule has 0 aliphatic rings. The minimum atomic E-state index is -4.71. The van der Waals surface area contributed by atoms with Crippen molar-refractivity contribution in [3.8, 4) is 5.75 Å². The quantitative estimate of drug-likeness (QED) is 0.218. The molecule has 0 aliphatic heterocycles. The molecule has 0 bridgehead atoms. The molecular weight excluding hydrogens is 486 g/mol. The van der Waals surface area contributed by atoms with Crippen molar-refractivity contribution in [3.05, 3.63) is 60.2 Å². The number of ether oxygens (including phenoxy) is 2. The van der Waals surface area contributed by atoms with Crippen LogP contribution in [0.25, 0.3) is 0 Å². The van der Waals surface area contributed by atoms with E-state index in [4.69, 9.17) is 10.5 Å². The molecular formula is C19H23F3IN3O2. The van der Waals surface area contributed by atoms with Crippen molar-refractivity contribution in [2.75, 3.05) is 18.5 Å². The van der Waals surface area contributed by atoms with Crippen LogP contribution in [-0.2, 0) is 11.3 Å². The highest BCUT2D eigenvalue weighted by Gasteiger charge is 2.30. The molecule has 0 heterocycles. The van der Waals surface area contributed by atoms with E-state index in [1.54, 1.807) is 0 Å². The van der Waals surface area contributed by atoms with Crippen molar-refractivity contribution < 1.29 is 22.6 Å². The summed E-state index contributed by atoms with van der Waals surface area (Å²) >= 11 is 0. The van der Waals surface area contributed by atoms with Crippen LogP contribution in [0.15, 0.2) is 59.6 Å². The molecule has 2 aromatic rings. The fourth-order valence-electron chi connectivity index (χ4n) is 2.21. The van der Waals surface area contributed by atoms with E-state index in [1.807, 2.05) is 30.3 Å². The van der Waals surface area contributed by atoms with E-state index >= 15 is 0 Å². The Bertz CT molecular complexity index is 711. The van der Waals surface area contributed by atoms with E-state index in [1.165, 1.54) is 24.3 Å². The number of alkyl halides is 3. The Morgan fingerprint density at radius 3 is 2.32 bits per heavy atom. The normalized spacial score (nSPS) is 11.6. The Labute approximate surface area is 179 Å². The van der Waals surface area contributed by atoms with Crippen molar-refractivity contribution in [2.45, 2.75) is 25.8 Å². The van der Waals surface area contributed by atoms with Crippen LogP contribution in [0.2, 0.25) is 0 Å². The Hall–Kier alpha value is -2.01. The maximum Gasteiger partial charge on any atom is 0.573 e. The lowest BCUT2D eigenvalue weighted by atomic mass is 10.2. The van der Waals surface area contributed by atoms with Crippen LogP contribution in [0.3, 0.4) is 0 Å².